The van der Waals surface area contributed by atoms with Crippen molar-refractivity contribution in [1.82, 2.24) is 0 Å². The van der Waals surface area contributed by atoms with Crippen LogP contribution in [0.5, 0.6) is 0 Å². The van der Waals surface area contributed by atoms with E-state index in [2.05, 4.69) is 61.7 Å². The van der Waals surface area contributed by atoms with Crippen molar-refractivity contribution in [2.45, 2.75) is 23.6 Å². The fraction of sp³-hybridized carbons (Fsp3) is 0.250. The van der Waals surface area contributed by atoms with Gasteiger partial charge in [-0.15, -0.1) is 23.4 Å². The van der Waals surface area contributed by atoms with E-state index in [0.717, 1.165) is 17.5 Å². The number of hydrogen-bond donors (Lipinski definition) is 0. The third-order valence-corrected chi connectivity index (χ3v) is 4.34. The molecule has 2 aromatic carbocycles. The molecular formula is C16H17ClS. The highest BCUT2D eigenvalue weighted by Crippen LogP contribution is 2.30. The molecule has 0 radical (unpaired) electrons. The molecule has 0 aliphatic carbocycles. The molecule has 0 saturated heterocycles. The van der Waals surface area contributed by atoms with Gasteiger partial charge < -0.3 is 0 Å². The number of aryl methyl sites for hydroxylation is 1. The van der Waals surface area contributed by atoms with E-state index in [4.69, 9.17) is 11.6 Å². The summed E-state index contributed by atoms with van der Waals surface area (Å²) in [6, 6.07) is 17.0. The Balaban J connectivity index is 2.20. The Morgan fingerprint density at radius 1 is 0.944 bits per heavy atom. The first kappa shape index (κ1) is 13.5. The second-order valence-electron chi connectivity index (χ2n) is 4.23. The van der Waals surface area contributed by atoms with Gasteiger partial charge in [-0.05, 0) is 41.5 Å². The molecular weight excluding hydrogens is 260 g/mol. The SMILES string of the molecule is CCc1ccc(C(Cl)c2ccc(SC)cc2)cc1. The first-order valence-electron chi connectivity index (χ1n) is 6.11. The van der Waals surface area contributed by atoms with Crippen LogP contribution in [-0.2, 0) is 6.42 Å². The Kier molecular flexibility index (Phi) is 4.73. The number of benzene rings is 2. The highest BCUT2D eigenvalue weighted by molar-refractivity contribution is 7.98. The van der Waals surface area contributed by atoms with E-state index in [1.807, 2.05) is 0 Å². The van der Waals surface area contributed by atoms with E-state index < -0.39 is 0 Å². The predicted molar refractivity (Wildman–Crippen MR) is 81.7 cm³/mol. The van der Waals surface area contributed by atoms with Gasteiger partial charge in [-0.25, -0.2) is 0 Å². The van der Waals surface area contributed by atoms with Gasteiger partial charge in [0.25, 0.3) is 0 Å². The molecule has 0 heterocycles. The minimum absolute atomic E-state index is 0.0631. The van der Waals surface area contributed by atoms with Crippen molar-refractivity contribution in [1.29, 1.82) is 0 Å². The standard InChI is InChI=1S/C16H17ClS/c1-3-12-4-6-13(7-5-12)16(17)14-8-10-15(18-2)11-9-14/h4-11,16H,3H2,1-2H3. The maximum Gasteiger partial charge on any atom is 0.0835 e. The van der Waals surface area contributed by atoms with Crippen LogP contribution in [0, 0.1) is 0 Å². The van der Waals surface area contributed by atoms with Gasteiger partial charge in [-0.3, -0.25) is 0 Å². The summed E-state index contributed by atoms with van der Waals surface area (Å²) in [7, 11) is 0. The zero-order chi connectivity index (χ0) is 13.0. The maximum atomic E-state index is 6.52. The molecule has 0 nitrogen and oxygen atoms in total. The summed E-state index contributed by atoms with van der Waals surface area (Å²) in [4.78, 5) is 1.27. The summed E-state index contributed by atoms with van der Waals surface area (Å²) >= 11 is 8.26. The van der Waals surface area contributed by atoms with Crippen molar-refractivity contribution < 1.29 is 0 Å². The first-order valence-corrected chi connectivity index (χ1v) is 7.77. The smallest absolute Gasteiger partial charge is 0.0835 e. The monoisotopic (exact) mass is 276 g/mol. The Hall–Kier alpha value is -0.920. The fourth-order valence-electron chi connectivity index (χ4n) is 1.89. The van der Waals surface area contributed by atoms with Gasteiger partial charge in [0.2, 0.25) is 0 Å². The Morgan fingerprint density at radius 2 is 1.44 bits per heavy atom. The predicted octanol–water partition coefficient (Wildman–Crippen LogP) is 5.30. The lowest BCUT2D eigenvalue weighted by molar-refractivity contribution is 1.10. The van der Waals surface area contributed by atoms with Crippen molar-refractivity contribution in [2.75, 3.05) is 6.26 Å². The highest BCUT2D eigenvalue weighted by Gasteiger charge is 2.10. The minimum Gasteiger partial charge on any atom is -0.130 e. The van der Waals surface area contributed by atoms with E-state index in [1.165, 1.54) is 10.5 Å². The Morgan fingerprint density at radius 3 is 1.89 bits per heavy atom. The minimum atomic E-state index is -0.0631. The van der Waals surface area contributed by atoms with Gasteiger partial charge in [0.1, 0.15) is 0 Å². The molecule has 0 aliphatic heterocycles. The average Bonchev–Trinajstić information content (AvgIpc) is 2.47. The average molecular weight is 277 g/mol. The van der Waals surface area contributed by atoms with Crippen molar-refractivity contribution in [3.05, 3.63) is 65.2 Å². The molecule has 2 heteroatoms. The molecule has 94 valence electrons. The number of rotatable bonds is 4. The van der Waals surface area contributed by atoms with Crippen LogP contribution < -0.4 is 0 Å². The second-order valence-corrected chi connectivity index (χ2v) is 5.55. The van der Waals surface area contributed by atoms with E-state index in [1.54, 1.807) is 11.8 Å². The third-order valence-electron chi connectivity index (χ3n) is 3.09. The summed E-state index contributed by atoms with van der Waals surface area (Å²) < 4.78 is 0. The molecule has 2 aromatic rings. The molecule has 0 amide bonds. The van der Waals surface area contributed by atoms with Crippen LogP contribution in [0.2, 0.25) is 0 Å². The normalized spacial score (nSPS) is 12.4. The molecule has 0 spiro atoms. The Bertz CT molecular complexity index is 440. The van der Waals surface area contributed by atoms with Crippen LogP contribution in [0.3, 0.4) is 0 Å². The van der Waals surface area contributed by atoms with Crippen molar-refractivity contribution in [3.63, 3.8) is 0 Å². The van der Waals surface area contributed by atoms with Gasteiger partial charge >= 0.3 is 0 Å². The van der Waals surface area contributed by atoms with E-state index in [0.29, 0.717) is 0 Å². The number of halogens is 1. The molecule has 0 fully saturated rings. The molecule has 2 rings (SSSR count). The van der Waals surface area contributed by atoms with Crippen LogP contribution in [0.1, 0.15) is 29.0 Å². The summed E-state index contributed by atoms with van der Waals surface area (Å²) in [6.45, 7) is 2.16. The largest absolute Gasteiger partial charge is 0.130 e. The third kappa shape index (κ3) is 3.09. The van der Waals surface area contributed by atoms with Crippen LogP contribution in [0.25, 0.3) is 0 Å². The summed E-state index contributed by atoms with van der Waals surface area (Å²) in [5, 5.41) is -0.0631. The zero-order valence-electron chi connectivity index (χ0n) is 10.7. The fourth-order valence-corrected chi connectivity index (χ4v) is 2.59. The lowest BCUT2D eigenvalue weighted by Gasteiger charge is -2.11. The quantitative estimate of drug-likeness (QED) is 0.539. The number of thioether (sulfide) groups is 1. The molecule has 18 heavy (non-hydrogen) atoms. The van der Waals surface area contributed by atoms with Crippen LogP contribution >= 0.6 is 23.4 Å². The van der Waals surface area contributed by atoms with Crippen LogP contribution in [0.15, 0.2) is 53.4 Å². The van der Waals surface area contributed by atoms with Crippen molar-refractivity contribution in [2.24, 2.45) is 0 Å². The van der Waals surface area contributed by atoms with E-state index in [-0.39, 0.29) is 5.38 Å². The van der Waals surface area contributed by atoms with Crippen molar-refractivity contribution in [3.8, 4) is 0 Å². The lowest BCUT2D eigenvalue weighted by atomic mass is 10.0. The number of hydrogen-bond acceptors (Lipinski definition) is 1. The van der Waals surface area contributed by atoms with Gasteiger partial charge in [0.15, 0.2) is 0 Å². The van der Waals surface area contributed by atoms with Crippen LogP contribution in [-0.4, -0.2) is 6.26 Å². The number of alkyl halides is 1. The van der Waals surface area contributed by atoms with E-state index >= 15 is 0 Å². The molecule has 0 saturated carbocycles. The molecule has 0 N–H and O–H groups in total. The first-order chi connectivity index (χ1) is 8.74. The van der Waals surface area contributed by atoms with Crippen LogP contribution in [0.4, 0.5) is 0 Å². The topological polar surface area (TPSA) is 0 Å². The molecule has 0 aliphatic rings. The zero-order valence-corrected chi connectivity index (χ0v) is 12.3. The summed E-state index contributed by atoms with van der Waals surface area (Å²) in [6.07, 6.45) is 3.15. The van der Waals surface area contributed by atoms with Gasteiger partial charge in [-0.1, -0.05) is 43.3 Å². The molecule has 1 atom stereocenters. The molecule has 1 unspecified atom stereocenters. The van der Waals surface area contributed by atoms with Gasteiger partial charge in [-0.2, -0.15) is 0 Å². The van der Waals surface area contributed by atoms with Gasteiger partial charge in [0.05, 0.1) is 5.38 Å². The summed E-state index contributed by atoms with van der Waals surface area (Å²) in [5.41, 5.74) is 3.66. The van der Waals surface area contributed by atoms with E-state index in [9.17, 15) is 0 Å². The highest BCUT2D eigenvalue weighted by atomic mass is 35.5. The second kappa shape index (κ2) is 6.31. The molecule has 0 aromatic heterocycles. The van der Waals surface area contributed by atoms with Crippen molar-refractivity contribution >= 4 is 23.4 Å². The molecule has 0 bridgehead atoms. The van der Waals surface area contributed by atoms with Gasteiger partial charge in [0, 0.05) is 4.90 Å². The lowest BCUT2D eigenvalue weighted by Crippen LogP contribution is -1.93. The Labute approximate surface area is 118 Å². The summed E-state index contributed by atoms with van der Waals surface area (Å²) in [5.74, 6) is 0. The maximum absolute atomic E-state index is 6.52.